The summed E-state index contributed by atoms with van der Waals surface area (Å²) in [4.78, 5) is 12.6. The van der Waals surface area contributed by atoms with Gasteiger partial charge in [0.2, 0.25) is 15.9 Å². The number of benzene rings is 2. The van der Waals surface area contributed by atoms with Crippen molar-refractivity contribution in [2.75, 3.05) is 13.6 Å². The molecule has 0 aliphatic rings. The summed E-state index contributed by atoms with van der Waals surface area (Å²) >= 11 is 0. The van der Waals surface area contributed by atoms with Crippen LogP contribution in [0.1, 0.15) is 43.5 Å². The zero-order chi connectivity index (χ0) is 21.6. The highest BCUT2D eigenvalue weighted by atomic mass is 32.2. The average Bonchev–Trinajstić information content (AvgIpc) is 2.71. The number of nitriles is 1. The Kier molecular flexibility index (Phi) is 7.54. The summed E-state index contributed by atoms with van der Waals surface area (Å²) < 4.78 is 26.4. The topological polar surface area (TPSA) is 90.3 Å². The Labute approximate surface area is 173 Å². The molecule has 0 aliphatic heterocycles. The first-order chi connectivity index (χ1) is 13.7. The Bertz CT molecular complexity index is 975. The van der Waals surface area contributed by atoms with Gasteiger partial charge < -0.3 is 5.32 Å². The minimum Gasteiger partial charge on any atom is -0.348 e. The van der Waals surface area contributed by atoms with Gasteiger partial charge in [0.1, 0.15) is 0 Å². The zero-order valence-electron chi connectivity index (χ0n) is 17.2. The zero-order valence-corrected chi connectivity index (χ0v) is 18.0. The highest BCUT2D eigenvalue weighted by Crippen LogP contribution is 2.22. The van der Waals surface area contributed by atoms with Crippen LogP contribution in [0.25, 0.3) is 0 Å². The molecule has 154 valence electrons. The molecule has 0 bridgehead atoms. The maximum Gasteiger partial charge on any atom is 0.243 e. The quantitative estimate of drug-likeness (QED) is 0.719. The van der Waals surface area contributed by atoms with Crippen molar-refractivity contribution >= 4 is 15.9 Å². The Balaban J connectivity index is 2.10. The van der Waals surface area contributed by atoms with Gasteiger partial charge in [0.15, 0.2) is 0 Å². The third-order valence-corrected chi connectivity index (χ3v) is 6.61. The molecule has 0 saturated heterocycles. The van der Waals surface area contributed by atoms with E-state index >= 15 is 0 Å². The Morgan fingerprint density at radius 3 is 2.17 bits per heavy atom. The van der Waals surface area contributed by atoms with E-state index in [4.69, 9.17) is 5.26 Å². The van der Waals surface area contributed by atoms with Gasteiger partial charge in [0.05, 0.1) is 29.1 Å². The van der Waals surface area contributed by atoms with Crippen LogP contribution in [0.4, 0.5) is 0 Å². The number of carbonyl (C=O) groups excluding carboxylic acids is 1. The van der Waals surface area contributed by atoms with Crippen molar-refractivity contribution in [3.05, 3.63) is 65.2 Å². The predicted octanol–water partition coefficient (Wildman–Crippen LogP) is 3.25. The number of nitrogens with one attached hydrogen (secondary N) is 1. The lowest BCUT2D eigenvalue weighted by atomic mass is 9.95. The number of amides is 1. The van der Waals surface area contributed by atoms with Gasteiger partial charge >= 0.3 is 0 Å². The summed E-state index contributed by atoms with van der Waals surface area (Å²) in [5.41, 5.74) is 2.58. The molecule has 0 saturated carbocycles. The molecule has 1 unspecified atom stereocenters. The molecule has 0 radical (unpaired) electrons. The van der Waals surface area contributed by atoms with Gasteiger partial charge in [-0.15, -0.1) is 0 Å². The molecule has 7 heteroatoms. The molecule has 0 aliphatic carbocycles. The predicted molar refractivity (Wildman–Crippen MR) is 113 cm³/mol. The third kappa shape index (κ3) is 5.66. The highest BCUT2D eigenvalue weighted by molar-refractivity contribution is 7.89. The number of carbonyl (C=O) groups is 1. The molecule has 6 nitrogen and oxygen atoms in total. The minimum atomic E-state index is -3.83. The average molecular weight is 414 g/mol. The summed E-state index contributed by atoms with van der Waals surface area (Å²) in [6.45, 7) is 5.81. The lowest BCUT2D eigenvalue weighted by Crippen LogP contribution is -2.41. The Morgan fingerprint density at radius 1 is 1.10 bits per heavy atom. The van der Waals surface area contributed by atoms with Crippen molar-refractivity contribution in [2.24, 2.45) is 5.92 Å². The summed E-state index contributed by atoms with van der Waals surface area (Å²) in [6.07, 6.45) is 0.941. The smallest absolute Gasteiger partial charge is 0.243 e. The molecule has 0 heterocycles. The van der Waals surface area contributed by atoms with E-state index in [2.05, 4.69) is 12.2 Å². The number of hydrogen-bond donors (Lipinski definition) is 1. The highest BCUT2D eigenvalue weighted by Gasteiger charge is 2.25. The van der Waals surface area contributed by atoms with Crippen LogP contribution in [0.15, 0.2) is 53.4 Å². The van der Waals surface area contributed by atoms with Crippen molar-refractivity contribution in [2.45, 2.75) is 38.1 Å². The first kappa shape index (κ1) is 22.6. The molecule has 0 fully saturated rings. The molecule has 1 amide bonds. The van der Waals surface area contributed by atoms with E-state index in [0.29, 0.717) is 5.56 Å². The van der Waals surface area contributed by atoms with E-state index in [1.807, 2.05) is 44.2 Å². The van der Waals surface area contributed by atoms with Gasteiger partial charge in [-0.1, -0.05) is 45.0 Å². The summed E-state index contributed by atoms with van der Waals surface area (Å²) in [5, 5.41) is 11.8. The van der Waals surface area contributed by atoms with Crippen molar-refractivity contribution in [3.8, 4) is 6.07 Å². The monoisotopic (exact) mass is 413 g/mol. The lowest BCUT2D eigenvalue weighted by Gasteiger charge is -2.25. The van der Waals surface area contributed by atoms with Crippen LogP contribution in [-0.4, -0.2) is 32.2 Å². The fourth-order valence-corrected chi connectivity index (χ4v) is 4.11. The maximum absolute atomic E-state index is 12.7. The second kappa shape index (κ2) is 9.68. The van der Waals surface area contributed by atoms with Crippen molar-refractivity contribution in [1.82, 2.24) is 9.62 Å². The van der Waals surface area contributed by atoms with E-state index in [1.54, 1.807) is 0 Å². The second-order valence-corrected chi connectivity index (χ2v) is 9.33. The number of hydrogen-bond acceptors (Lipinski definition) is 4. The van der Waals surface area contributed by atoms with E-state index in [1.165, 1.54) is 36.9 Å². The van der Waals surface area contributed by atoms with Crippen LogP contribution in [-0.2, 0) is 21.2 Å². The second-order valence-electron chi connectivity index (χ2n) is 7.28. The number of sulfonamides is 1. The molecular formula is C22H27N3O3S. The van der Waals surface area contributed by atoms with E-state index in [9.17, 15) is 13.2 Å². The lowest BCUT2D eigenvalue weighted by molar-refractivity contribution is -0.122. The van der Waals surface area contributed by atoms with Gasteiger partial charge in [-0.25, -0.2) is 8.42 Å². The van der Waals surface area contributed by atoms with Gasteiger partial charge in [-0.05, 0) is 47.7 Å². The van der Waals surface area contributed by atoms with Crippen LogP contribution in [0, 0.1) is 17.2 Å². The molecule has 29 heavy (non-hydrogen) atoms. The van der Waals surface area contributed by atoms with Crippen LogP contribution in [0.5, 0.6) is 0 Å². The number of nitrogens with zero attached hydrogens (tertiary/aromatic N) is 2. The number of aryl methyl sites for hydroxylation is 1. The molecular weight excluding hydrogens is 386 g/mol. The van der Waals surface area contributed by atoms with Gasteiger partial charge in [-0.3, -0.25) is 4.79 Å². The minimum absolute atomic E-state index is 0.0439. The number of rotatable bonds is 8. The first-order valence-electron chi connectivity index (χ1n) is 9.53. The van der Waals surface area contributed by atoms with E-state index in [-0.39, 0.29) is 29.3 Å². The summed E-state index contributed by atoms with van der Waals surface area (Å²) in [6, 6.07) is 15.4. The van der Waals surface area contributed by atoms with Crippen LogP contribution in [0.2, 0.25) is 0 Å². The van der Waals surface area contributed by atoms with Gasteiger partial charge in [-0.2, -0.15) is 9.57 Å². The molecule has 1 N–H and O–H groups in total. The van der Waals surface area contributed by atoms with Crippen LogP contribution in [0.3, 0.4) is 0 Å². The molecule has 2 aromatic rings. The van der Waals surface area contributed by atoms with E-state index in [0.717, 1.165) is 16.3 Å². The SMILES string of the molecule is CCc1ccc(C(NC(=O)CN(C)S(=O)(=O)c2ccc(C#N)cc2)C(C)C)cc1. The number of likely N-dealkylation sites (N-methyl/N-ethyl adjacent to an activating group) is 1. The third-order valence-electron chi connectivity index (χ3n) is 4.79. The van der Waals surface area contributed by atoms with Crippen molar-refractivity contribution < 1.29 is 13.2 Å². The Morgan fingerprint density at radius 2 is 1.69 bits per heavy atom. The largest absolute Gasteiger partial charge is 0.348 e. The standard InChI is InChI=1S/C22H27N3O3S/c1-5-17-6-10-19(11-7-17)22(16(2)3)24-21(26)15-25(4)29(27,28)20-12-8-18(14-23)9-13-20/h6-13,16,22H,5,15H2,1-4H3,(H,24,26). The van der Waals surface area contributed by atoms with Crippen molar-refractivity contribution in [3.63, 3.8) is 0 Å². The molecule has 0 aromatic heterocycles. The summed E-state index contributed by atoms with van der Waals surface area (Å²) in [5.74, 6) is -0.227. The van der Waals surface area contributed by atoms with Gasteiger partial charge in [0.25, 0.3) is 0 Å². The normalized spacial score (nSPS) is 12.6. The molecule has 2 rings (SSSR count). The fourth-order valence-electron chi connectivity index (χ4n) is 2.98. The van der Waals surface area contributed by atoms with E-state index < -0.39 is 10.0 Å². The Hall–Kier alpha value is -2.69. The first-order valence-corrected chi connectivity index (χ1v) is 11.0. The molecule has 2 aromatic carbocycles. The fraction of sp³-hybridized carbons (Fsp3) is 0.364. The van der Waals surface area contributed by atoms with Gasteiger partial charge in [0, 0.05) is 7.05 Å². The van der Waals surface area contributed by atoms with Crippen LogP contribution < -0.4 is 5.32 Å². The maximum atomic E-state index is 12.7. The van der Waals surface area contributed by atoms with Crippen LogP contribution >= 0.6 is 0 Å². The molecule has 1 atom stereocenters. The summed E-state index contributed by atoms with van der Waals surface area (Å²) in [7, 11) is -2.46. The molecule has 0 spiro atoms. The van der Waals surface area contributed by atoms with Crippen molar-refractivity contribution in [1.29, 1.82) is 5.26 Å².